The van der Waals surface area contributed by atoms with Crippen molar-refractivity contribution in [2.24, 2.45) is 5.92 Å². The van der Waals surface area contributed by atoms with E-state index in [0.29, 0.717) is 11.8 Å². The summed E-state index contributed by atoms with van der Waals surface area (Å²) < 4.78 is 6.98. The summed E-state index contributed by atoms with van der Waals surface area (Å²) in [7, 11) is 2.16. The summed E-state index contributed by atoms with van der Waals surface area (Å²) in [4.78, 5) is 15.5. The van der Waals surface area contributed by atoms with Crippen LogP contribution in [0.2, 0.25) is 0 Å². The predicted octanol–water partition coefficient (Wildman–Crippen LogP) is 4.46. The number of fused-ring (bicyclic) bond motifs is 2. The van der Waals surface area contributed by atoms with E-state index in [1.807, 2.05) is 30.3 Å². The smallest absolute Gasteiger partial charge is 0.316 e. The van der Waals surface area contributed by atoms with Crippen molar-refractivity contribution in [2.45, 2.75) is 37.3 Å². The maximum Gasteiger partial charge on any atom is 0.316 e. The highest BCUT2D eigenvalue weighted by Crippen LogP contribution is 2.46. The van der Waals surface area contributed by atoms with Gasteiger partial charge < -0.3 is 4.74 Å². The number of para-hydroxylation sites is 1. The van der Waals surface area contributed by atoms with Crippen LogP contribution < -0.4 is 4.74 Å². The van der Waals surface area contributed by atoms with Crippen LogP contribution >= 0.6 is 22.6 Å². The highest BCUT2D eigenvalue weighted by molar-refractivity contribution is 14.1. The van der Waals surface area contributed by atoms with Crippen LogP contribution in [0.1, 0.15) is 30.7 Å². The highest BCUT2D eigenvalue weighted by atomic mass is 127. The molecule has 0 amide bonds. The first-order valence-electron chi connectivity index (χ1n) is 8.87. The number of ether oxygens (including phenoxy) is 1. The number of halogens is 1. The summed E-state index contributed by atoms with van der Waals surface area (Å²) in [5.74, 6) is 0.675. The van der Waals surface area contributed by atoms with Gasteiger partial charge in [0, 0.05) is 21.6 Å². The lowest BCUT2D eigenvalue weighted by atomic mass is 9.76. The molecule has 4 heteroatoms. The molecule has 0 saturated carbocycles. The number of rotatable bonds is 3. The molecule has 2 aliphatic heterocycles. The van der Waals surface area contributed by atoms with E-state index in [0.717, 1.165) is 12.8 Å². The molecular weight excluding hydrogens is 425 g/mol. The van der Waals surface area contributed by atoms with Crippen LogP contribution in [0, 0.1) is 9.49 Å². The molecule has 0 N–H and O–H groups in total. The molecule has 3 nitrogen and oxygen atoms in total. The molecule has 2 saturated heterocycles. The van der Waals surface area contributed by atoms with Gasteiger partial charge in [-0.05, 0) is 78.7 Å². The van der Waals surface area contributed by atoms with Gasteiger partial charge in [-0.2, -0.15) is 0 Å². The Morgan fingerprint density at radius 1 is 1.08 bits per heavy atom. The van der Waals surface area contributed by atoms with Gasteiger partial charge in [-0.25, -0.2) is 0 Å². The van der Waals surface area contributed by atoms with E-state index < -0.39 is 0 Å². The van der Waals surface area contributed by atoms with E-state index in [-0.39, 0.29) is 23.8 Å². The van der Waals surface area contributed by atoms with Gasteiger partial charge in [0.2, 0.25) is 0 Å². The van der Waals surface area contributed by atoms with E-state index in [1.165, 1.54) is 15.6 Å². The van der Waals surface area contributed by atoms with Gasteiger partial charge in [-0.15, -0.1) is 0 Å². The zero-order valence-electron chi connectivity index (χ0n) is 14.3. The number of hydrogen-bond donors (Lipinski definition) is 0. The van der Waals surface area contributed by atoms with E-state index >= 15 is 0 Å². The summed E-state index contributed by atoms with van der Waals surface area (Å²) in [6.45, 7) is 0. The van der Waals surface area contributed by atoms with Crippen molar-refractivity contribution in [1.29, 1.82) is 0 Å². The van der Waals surface area contributed by atoms with Gasteiger partial charge in [0.05, 0.1) is 5.92 Å². The van der Waals surface area contributed by atoms with Crippen LogP contribution in [-0.2, 0) is 4.79 Å². The second-order valence-corrected chi connectivity index (χ2v) is 8.36. The summed E-state index contributed by atoms with van der Waals surface area (Å²) in [6.07, 6.45) is 3.29. The van der Waals surface area contributed by atoms with Crippen LogP contribution in [0.4, 0.5) is 0 Å². The highest BCUT2D eigenvalue weighted by Gasteiger charge is 2.49. The summed E-state index contributed by atoms with van der Waals surface area (Å²) in [5, 5.41) is 0. The number of piperidine rings is 1. The van der Waals surface area contributed by atoms with Crippen molar-refractivity contribution in [3.8, 4) is 5.75 Å². The molecule has 0 spiro atoms. The number of nitrogens with zero attached hydrogens (tertiary/aromatic N) is 1. The molecule has 2 heterocycles. The Morgan fingerprint density at radius 2 is 1.80 bits per heavy atom. The van der Waals surface area contributed by atoms with Crippen LogP contribution in [0.25, 0.3) is 0 Å². The molecule has 0 aliphatic carbocycles. The monoisotopic (exact) mass is 447 g/mol. The molecule has 130 valence electrons. The third-order valence-corrected chi connectivity index (χ3v) is 6.52. The zero-order valence-corrected chi connectivity index (χ0v) is 16.4. The predicted molar refractivity (Wildman–Crippen MR) is 107 cm³/mol. The van der Waals surface area contributed by atoms with Crippen molar-refractivity contribution in [3.63, 3.8) is 0 Å². The Morgan fingerprint density at radius 3 is 2.52 bits per heavy atom. The number of carbonyl (C=O) groups is 1. The zero-order chi connectivity index (χ0) is 17.4. The van der Waals surface area contributed by atoms with Crippen molar-refractivity contribution in [3.05, 3.63) is 63.7 Å². The van der Waals surface area contributed by atoms with Gasteiger partial charge >= 0.3 is 5.97 Å². The third kappa shape index (κ3) is 3.34. The fraction of sp³-hybridized carbons (Fsp3) is 0.381. The Balaban J connectivity index is 1.64. The molecule has 0 radical (unpaired) electrons. The first-order valence-corrected chi connectivity index (χ1v) is 9.95. The first-order chi connectivity index (χ1) is 12.1. The minimum absolute atomic E-state index is 0.0908. The molecule has 0 aromatic heterocycles. The third-order valence-electron chi connectivity index (χ3n) is 5.80. The van der Waals surface area contributed by atoms with Crippen molar-refractivity contribution < 1.29 is 9.53 Å². The van der Waals surface area contributed by atoms with Gasteiger partial charge in [0.25, 0.3) is 0 Å². The maximum absolute atomic E-state index is 13.1. The molecule has 2 aliphatic rings. The van der Waals surface area contributed by atoms with Gasteiger partial charge in [-0.1, -0.05) is 30.3 Å². The second kappa shape index (κ2) is 7.08. The largest absolute Gasteiger partial charge is 0.426 e. The normalized spacial score (nSPS) is 28.7. The standard InChI is InChI=1S/C21H22INO2/c1-23-16-11-12-19(23)20(21(24)25-17-5-3-2-4-6-17)18(13-16)14-7-9-15(22)10-8-14/h2-10,16,18-20H,11-13H2,1H3/t16?,18-,19?,20?/m1/s1. The first kappa shape index (κ1) is 17.0. The van der Waals surface area contributed by atoms with Gasteiger partial charge in [-0.3, -0.25) is 9.69 Å². The number of benzene rings is 2. The van der Waals surface area contributed by atoms with Crippen LogP contribution in [0.3, 0.4) is 0 Å². The van der Waals surface area contributed by atoms with E-state index in [9.17, 15) is 4.79 Å². The Bertz CT molecular complexity index is 746. The molecule has 2 fully saturated rings. The molecule has 4 rings (SSSR count). The fourth-order valence-corrected chi connectivity index (χ4v) is 4.87. The minimum atomic E-state index is -0.107. The molecule has 4 atom stereocenters. The average Bonchev–Trinajstić information content (AvgIpc) is 2.86. The van der Waals surface area contributed by atoms with Crippen molar-refractivity contribution in [1.82, 2.24) is 4.90 Å². The second-order valence-electron chi connectivity index (χ2n) is 7.12. The number of hydrogen-bond acceptors (Lipinski definition) is 3. The Labute approximate surface area is 162 Å². The average molecular weight is 447 g/mol. The summed E-state index contributed by atoms with van der Waals surface area (Å²) in [6, 6.07) is 18.9. The van der Waals surface area contributed by atoms with Crippen LogP contribution in [0.5, 0.6) is 5.75 Å². The van der Waals surface area contributed by atoms with Gasteiger partial charge in [0.15, 0.2) is 0 Å². The maximum atomic E-state index is 13.1. The van der Waals surface area contributed by atoms with Crippen LogP contribution in [0.15, 0.2) is 54.6 Å². The summed E-state index contributed by atoms with van der Waals surface area (Å²) >= 11 is 2.32. The molecular formula is C21H22INO2. The minimum Gasteiger partial charge on any atom is -0.426 e. The van der Waals surface area contributed by atoms with E-state index in [4.69, 9.17) is 4.74 Å². The number of esters is 1. The topological polar surface area (TPSA) is 29.5 Å². The lowest BCUT2D eigenvalue weighted by Gasteiger charge is -2.41. The fourth-order valence-electron chi connectivity index (χ4n) is 4.51. The van der Waals surface area contributed by atoms with Crippen LogP contribution in [-0.4, -0.2) is 30.0 Å². The molecule has 3 unspecified atom stereocenters. The van der Waals surface area contributed by atoms with Crippen molar-refractivity contribution >= 4 is 28.6 Å². The lowest BCUT2D eigenvalue weighted by Crippen LogP contribution is -2.49. The Kier molecular flexibility index (Phi) is 4.82. The van der Waals surface area contributed by atoms with Crippen molar-refractivity contribution in [2.75, 3.05) is 7.05 Å². The summed E-state index contributed by atoms with van der Waals surface area (Å²) in [5.41, 5.74) is 1.26. The molecule has 25 heavy (non-hydrogen) atoms. The molecule has 2 bridgehead atoms. The van der Waals surface area contributed by atoms with E-state index in [2.05, 4.69) is 58.8 Å². The van der Waals surface area contributed by atoms with E-state index in [1.54, 1.807) is 0 Å². The van der Waals surface area contributed by atoms with Gasteiger partial charge in [0.1, 0.15) is 5.75 Å². The molecule has 2 aromatic rings. The lowest BCUT2D eigenvalue weighted by molar-refractivity contribution is -0.143. The SMILES string of the molecule is CN1C2CCC1C(C(=O)Oc1ccccc1)[C@@H](c1ccc(I)cc1)C2. The Hall–Kier alpha value is -1.40. The molecule has 2 aromatic carbocycles. The number of carbonyl (C=O) groups excluding carboxylic acids is 1. The quantitative estimate of drug-likeness (QED) is 0.395.